The highest BCUT2D eigenvalue weighted by Crippen LogP contribution is 2.16. The number of rotatable bonds is 1. The van der Waals surface area contributed by atoms with Crippen LogP contribution in [0, 0.1) is 0 Å². The first kappa shape index (κ1) is 9.13. The fourth-order valence-electron chi connectivity index (χ4n) is 1.68. The van der Waals surface area contributed by atoms with Crippen LogP contribution in [-0.4, -0.2) is 12.6 Å². The van der Waals surface area contributed by atoms with Gasteiger partial charge in [-0.15, -0.1) is 0 Å². The number of dihydropyridines is 2. The Morgan fingerprint density at radius 3 is 3.00 bits per heavy atom. The van der Waals surface area contributed by atoms with Crippen molar-refractivity contribution in [1.82, 2.24) is 10.6 Å². The predicted octanol–water partition coefficient (Wildman–Crippen LogP) is 1.85. The maximum atomic E-state index is 3.43. The van der Waals surface area contributed by atoms with Crippen LogP contribution in [0.1, 0.15) is 13.8 Å². The molecule has 2 heteroatoms. The molecule has 1 unspecified atom stereocenters. The lowest BCUT2D eigenvalue weighted by atomic mass is 10.0. The molecule has 0 aromatic heterocycles. The summed E-state index contributed by atoms with van der Waals surface area (Å²) in [4.78, 5) is 0. The van der Waals surface area contributed by atoms with E-state index in [0.717, 1.165) is 6.54 Å². The van der Waals surface area contributed by atoms with Gasteiger partial charge in [0.25, 0.3) is 0 Å². The molecule has 2 heterocycles. The fourth-order valence-corrected chi connectivity index (χ4v) is 1.68. The van der Waals surface area contributed by atoms with Crippen LogP contribution < -0.4 is 10.6 Å². The lowest BCUT2D eigenvalue weighted by Crippen LogP contribution is -2.27. The third kappa shape index (κ3) is 1.90. The average Bonchev–Trinajstić information content (AvgIpc) is 2.18. The Morgan fingerprint density at radius 1 is 1.43 bits per heavy atom. The predicted molar refractivity (Wildman–Crippen MR) is 59.7 cm³/mol. The van der Waals surface area contributed by atoms with Gasteiger partial charge in [-0.2, -0.15) is 0 Å². The van der Waals surface area contributed by atoms with Gasteiger partial charge in [0.1, 0.15) is 0 Å². The van der Waals surface area contributed by atoms with Crippen LogP contribution in [0.25, 0.3) is 0 Å². The first-order valence-corrected chi connectivity index (χ1v) is 5.02. The van der Waals surface area contributed by atoms with E-state index in [0.29, 0.717) is 6.04 Å². The summed E-state index contributed by atoms with van der Waals surface area (Å²) in [6, 6.07) is 0.423. The molecule has 0 spiro atoms. The van der Waals surface area contributed by atoms with Gasteiger partial charge in [0.2, 0.25) is 0 Å². The van der Waals surface area contributed by atoms with E-state index < -0.39 is 0 Å². The van der Waals surface area contributed by atoms with Crippen LogP contribution >= 0.6 is 0 Å². The number of hydrogen-bond donors (Lipinski definition) is 2. The first-order valence-electron chi connectivity index (χ1n) is 5.02. The first-order chi connectivity index (χ1) is 6.75. The van der Waals surface area contributed by atoms with Crippen molar-refractivity contribution in [3.8, 4) is 0 Å². The molecule has 0 saturated carbocycles. The molecular formula is C12H16N2. The Morgan fingerprint density at radius 2 is 2.29 bits per heavy atom. The largest absolute Gasteiger partial charge is 0.387 e. The fraction of sp³-hybridized carbons (Fsp3) is 0.333. The molecule has 2 nitrogen and oxygen atoms in total. The molecule has 1 atom stereocenters. The second-order valence-electron chi connectivity index (χ2n) is 3.87. The Bertz CT molecular complexity index is 345. The van der Waals surface area contributed by atoms with Crippen molar-refractivity contribution in [3.05, 3.63) is 47.3 Å². The average molecular weight is 188 g/mol. The van der Waals surface area contributed by atoms with Crippen molar-refractivity contribution < 1.29 is 0 Å². The molecule has 2 aliphatic rings. The van der Waals surface area contributed by atoms with Gasteiger partial charge in [-0.1, -0.05) is 23.8 Å². The molecule has 0 aliphatic carbocycles. The second-order valence-corrected chi connectivity index (χ2v) is 3.87. The summed E-state index contributed by atoms with van der Waals surface area (Å²) in [6.07, 6.45) is 10.7. The highest BCUT2D eigenvalue weighted by molar-refractivity contribution is 5.45. The standard InChI is InChI=1S/C12H16N2/c1-9-6-11(8-13-7-9)12-5-3-4-10(2)14-12/h3-6,8,10,13-14H,7H2,1-2H3. The van der Waals surface area contributed by atoms with Gasteiger partial charge in [-0.3, -0.25) is 0 Å². The van der Waals surface area contributed by atoms with Crippen LogP contribution in [0.2, 0.25) is 0 Å². The molecule has 2 N–H and O–H groups in total. The van der Waals surface area contributed by atoms with E-state index in [4.69, 9.17) is 0 Å². The van der Waals surface area contributed by atoms with E-state index in [2.05, 4.69) is 55.0 Å². The van der Waals surface area contributed by atoms with Crippen molar-refractivity contribution in [1.29, 1.82) is 0 Å². The zero-order valence-electron chi connectivity index (χ0n) is 8.67. The number of allylic oxidation sites excluding steroid dienone is 3. The summed E-state index contributed by atoms with van der Waals surface area (Å²) in [5.74, 6) is 0. The van der Waals surface area contributed by atoms with E-state index >= 15 is 0 Å². The summed E-state index contributed by atoms with van der Waals surface area (Å²) in [7, 11) is 0. The van der Waals surface area contributed by atoms with E-state index in [9.17, 15) is 0 Å². The molecule has 0 saturated heterocycles. The van der Waals surface area contributed by atoms with Crippen LogP contribution in [0.15, 0.2) is 47.3 Å². The maximum absolute atomic E-state index is 3.43. The Kier molecular flexibility index (Phi) is 2.44. The van der Waals surface area contributed by atoms with Crippen molar-refractivity contribution in [3.63, 3.8) is 0 Å². The Hall–Kier alpha value is -1.44. The molecule has 2 rings (SSSR count). The zero-order chi connectivity index (χ0) is 9.97. The van der Waals surface area contributed by atoms with Crippen molar-refractivity contribution in [2.45, 2.75) is 19.9 Å². The SMILES string of the molecule is CC1=CC(C2=CC=CC(C)N2)=CNC1. The van der Waals surface area contributed by atoms with Crippen LogP contribution in [-0.2, 0) is 0 Å². The van der Waals surface area contributed by atoms with E-state index in [1.807, 2.05) is 0 Å². The van der Waals surface area contributed by atoms with Crippen molar-refractivity contribution >= 4 is 0 Å². The lowest BCUT2D eigenvalue weighted by Gasteiger charge is -2.21. The minimum Gasteiger partial charge on any atom is -0.387 e. The van der Waals surface area contributed by atoms with Gasteiger partial charge in [0, 0.05) is 30.1 Å². The minimum absolute atomic E-state index is 0.423. The van der Waals surface area contributed by atoms with Gasteiger partial charge in [-0.25, -0.2) is 0 Å². The molecule has 0 radical (unpaired) electrons. The van der Waals surface area contributed by atoms with Gasteiger partial charge >= 0.3 is 0 Å². The molecule has 0 aromatic carbocycles. The molecular weight excluding hydrogens is 172 g/mol. The smallest absolute Gasteiger partial charge is 0.0432 e. The molecule has 2 aliphatic heterocycles. The summed E-state index contributed by atoms with van der Waals surface area (Å²) >= 11 is 0. The normalized spacial score (nSPS) is 25.6. The topological polar surface area (TPSA) is 24.1 Å². The van der Waals surface area contributed by atoms with Crippen molar-refractivity contribution in [2.75, 3.05) is 6.54 Å². The van der Waals surface area contributed by atoms with Gasteiger partial charge in [0.05, 0.1) is 0 Å². The quantitative estimate of drug-likeness (QED) is 0.656. The van der Waals surface area contributed by atoms with Crippen LogP contribution in [0.3, 0.4) is 0 Å². The second kappa shape index (κ2) is 3.74. The monoisotopic (exact) mass is 188 g/mol. The molecule has 0 aromatic rings. The Labute approximate surface area is 85.1 Å². The molecule has 0 bridgehead atoms. The van der Waals surface area contributed by atoms with E-state index in [-0.39, 0.29) is 0 Å². The highest BCUT2D eigenvalue weighted by atomic mass is 14.9. The van der Waals surface area contributed by atoms with Gasteiger partial charge < -0.3 is 10.6 Å². The molecule has 0 fully saturated rings. The summed E-state index contributed by atoms with van der Waals surface area (Å²) in [5, 5.41) is 6.69. The number of hydrogen-bond acceptors (Lipinski definition) is 2. The third-order valence-electron chi connectivity index (χ3n) is 2.40. The molecule has 0 amide bonds. The minimum atomic E-state index is 0.423. The van der Waals surface area contributed by atoms with Gasteiger partial charge in [0.15, 0.2) is 0 Å². The lowest BCUT2D eigenvalue weighted by molar-refractivity contribution is 0.723. The van der Waals surface area contributed by atoms with Gasteiger partial charge in [-0.05, 0) is 19.9 Å². The number of nitrogens with one attached hydrogen (secondary N) is 2. The highest BCUT2D eigenvalue weighted by Gasteiger charge is 2.10. The zero-order valence-corrected chi connectivity index (χ0v) is 8.67. The molecule has 14 heavy (non-hydrogen) atoms. The third-order valence-corrected chi connectivity index (χ3v) is 2.40. The van der Waals surface area contributed by atoms with Crippen LogP contribution in [0.5, 0.6) is 0 Å². The summed E-state index contributed by atoms with van der Waals surface area (Å²) in [6.45, 7) is 5.25. The van der Waals surface area contributed by atoms with E-state index in [1.54, 1.807) is 0 Å². The van der Waals surface area contributed by atoms with E-state index in [1.165, 1.54) is 16.8 Å². The Balaban J connectivity index is 2.20. The summed E-state index contributed by atoms with van der Waals surface area (Å²) in [5.41, 5.74) is 3.81. The maximum Gasteiger partial charge on any atom is 0.0432 e. The van der Waals surface area contributed by atoms with Crippen LogP contribution in [0.4, 0.5) is 0 Å². The molecule has 74 valence electrons. The van der Waals surface area contributed by atoms with Crippen molar-refractivity contribution in [2.24, 2.45) is 0 Å². The summed E-state index contributed by atoms with van der Waals surface area (Å²) < 4.78 is 0.